The predicted molar refractivity (Wildman–Crippen MR) is 128 cm³/mol. The molecule has 0 saturated carbocycles. The maximum absolute atomic E-state index is 12.4. The van der Waals surface area contributed by atoms with Crippen LogP contribution in [0.2, 0.25) is 0 Å². The second kappa shape index (κ2) is 10.3. The molecule has 0 fully saturated rings. The van der Waals surface area contributed by atoms with Crippen molar-refractivity contribution in [2.24, 2.45) is 0 Å². The van der Waals surface area contributed by atoms with E-state index in [-0.39, 0.29) is 5.91 Å². The Kier molecular flexibility index (Phi) is 7.02. The van der Waals surface area contributed by atoms with Gasteiger partial charge in [0.1, 0.15) is 10.8 Å². The first kappa shape index (κ1) is 21.8. The topological polar surface area (TPSA) is 59.2 Å². The molecule has 0 aliphatic carbocycles. The van der Waals surface area contributed by atoms with Gasteiger partial charge in [0.05, 0.1) is 11.4 Å². The molecule has 0 spiro atoms. The van der Waals surface area contributed by atoms with Crippen molar-refractivity contribution in [2.45, 2.75) is 24.6 Å². The highest BCUT2D eigenvalue weighted by molar-refractivity contribution is 7.98. The average Bonchev–Trinajstić information content (AvgIpc) is 3.34. The molecule has 2 aromatic heterocycles. The molecule has 0 aliphatic heterocycles. The normalized spacial score (nSPS) is 10.8. The first-order valence-electron chi connectivity index (χ1n) is 10.7. The Morgan fingerprint density at radius 2 is 1.50 bits per heavy atom. The van der Waals surface area contributed by atoms with E-state index >= 15 is 0 Å². The number of rotatable bonds is 8. The van der Waals surface area contributed by atoms with Crippen LogP contribution in [0.25, 0.3) is 22.4 Å². The van der Waals surface area contributed by atoms with Gasteiger partial charge >= 0.3 is 0 Å². The highest BCUT2D eigenvalue weighted by Crippen LogP contribution is 2.26. The minimum absolute atomic E-state index is 0.0753. The maximum atomic E-state index is 12.4. The smallest absolute Gasteiger partial charge is 0.289 e. The average molecular weight is 444 g/mol. The van der Waals surface area contributed by atoms with Crippen molar-refractivity contribution in [1.29, 1.82) is 0 Å². The van der Waals surface area contributed by atoms with Gasteiger partial charge < -0.3 is 9.32 Å². The molecule has 0 bridgehead atoms. The van der Waals surface area contributed by atoms with Crippen LogP contribution in [-0.2, 0) is 5.75 Å². The fourth-order valence-electron chi connectivity index (χ4n) is 3.40. The molecule has 0 unspecified atom stereocenters. The van der Waals surface area contributed by atoms with Crippen molar-refractivity contribution in [3.05, 3.63) is 90.4 Å². The van der Waals surface area contributed by atoms with E-state index in [9.17, 15) is 4.79 Å². The van der Waals surface area contributed by atoms with Crippen molar-refractivity contribution >= 4 is 17.7 Å². The van der Waals surface area contributed by atoms with Crippen LogP contribution in [0, 0.1) is 0 Å². The molecular formula is C26H25N3O2S. The molecule has 2 aromatic carbocycles. The van der Waals surface area contributed by atoms with Crippen molar-refractivity contribution in [2.75, 3.05) is 13.1 Å². The summed E-state index contributed by atoms with van der Waals surface area (Å²) in [6, 6.07) is 26.2. The van der Waals surface area contributed by atoms with Crippen LogP contribution in [0.15, 0.2) is 88.3 Å². The highest BCUT2D eigenvalue weighted by Gasteiger charge is 2.16. The number of aromatic nitrogens is 2. The minimum atomic E-state index is -0.0753. The quantitative estimate of drug-likeness (QED) is 0.304. The van der Waals surface area contributed by atoms with Crippen LogP contribution in [-0.4, -0.2) is 34.1 Å². The summed E-state index contributed by atoms with van der Waals surface area (Å²) >= 11 is 1.53. The number of amides is 1. The number of nitrogens with zero attached hydrogens (tertiary/aromatic N) is 3. The lowest BCUT2D eigenvalue weighted by molar-refractivity contribution is 0.0739. The van der Waals surface area contributed by atoms with E-state index < -0.39 is 0 Å². The Balaban J connectivity index is 1.37. The summed E-state index contributed by atoms with van der Waals surface area (Å²) in [4.78, 5) is 14.1. The molecule has 0 N–H and O–H groups in total. The Morgan fingerprint density at radius 3 is 2.16 bits per heavy atom. The third-order valence-electron chi connectivity index (χ3n) is 5.21. The molecule has 6 heteroatoms. The van der Waals surface area contributed by atoms with Gasteiger partial charge in [-0.25, -0.2) is 0 Å². The fraction of sp³-hybridized carbons (Fsp3) is 0.192. The summed E-state index contributed by atoms with van der Waals surface area (Å²) in [5, 5.41) is 9.53. The maximum Gasteiger partial charge on any atom is 0.289 e. The summed E-state index contributed by atoms with van der Waals surface area (Å²) in [6.07, 6.45) is 0. The summed E-state index contributed by atoms with van der Waals surface area (Å²) < 4.78 is 5.73. The molecule has 0 aliphatic rings. The second-order valence-corrected chi connectivity index (χ2v) is 8.23. The van der Waals surface area contributed by atoms with Crippen LogP contribution in [0.1, 0.15) is 30.2 Å². The van der Waals surface area contributed by atoms with Crippen molar-refractivity contribution in [3.8, 4) is 22.4 Å². The van der Waals surface area contributed by atoms with E-state index in [1.165, 1.54) is 22.9 Å². The molecule has 2 heterocycles. The van der Waals surface area contributed by atoms with Gasteiger partial charge in [-0.2, -0.15) is 0 Å². The molecule has 32 heavy (non-hydrogen) atoms. The summed E-state index contributed by atoms with van der Waals surface area (Å²) in [5.41, 5.74) is 4.22. The minimum Gasteiger partial charge on any atom is -0.455 e. The standard InChI is InChI=1S/C26H25N3O2S/c1-3-29(4-2)26(30)24-16-14-22(31-24)18-32-25-17-15-23(27-28-25)21-12-10-20(11-13-21)19-8-6-5-7-9-19/h5-17H,3-4,18H2,1-2H3. The third kappa shape index (κ3) is 5.08. The van der Waals surface area contributed by atoms with E-state index in [1.807, 2.05) is 50.2 Å². The van der Waals surface area contributed by atoms with E-state index in [0.717, 1.165) is 22.0 Å². The lowest BCUT2D eigenvalue weighted by Gasteiger charge is -2.16. The zero-order valence-electron chi connectivity index (χ0n) is 18.2. The molecule has 4 rings (SSSR count). The molecule has 0 radical (unpaired) electrons. The number of benzene rings is 2. The first-order valence-corrected chi connectivity index (χ1v) is 11.7. The fourth-order valence-corrected chi connectivity index (χ4v) is 4.11. The van der Waals surface area contributed by atoms with Gasteiger partial charge in [-0.05, 0) is 49.2 Å². The van der Waals surface area contributed by atoms with Gasteiger partial charge in [-0.1, -0.05) is 66.4 Å². The summed E-state index contributed by atoms with van der Waals surface area (Å²) in [6.45, 7) is 5.25. The lowest BCUT2D eigenvalue weighted by Crippen LogP contribution is -2.30. The van der Waals surface area contributed by atoms with Gasteiger partial charge in [-0.15, -0.1) is 10.2 Å². The number of carbonyl (C=O) groups is 1. The Bertz CT molecular complexity index is 1150. The van der Waals surface area contributed by atoms with Crippen LogP contribution >= 0.6 is 11.8 Å². The molecule has 4 aromatic rings. The summed E-state index contributed by atoms with van der Waals surface area (Å²) in [5.74, 6) is 1.64. The van der Waals surface area contributed by atoms with Crippen LogP contribution < -0.4 is 0 Å². The molecule has 0 saturated heterocycles. The van der Waals surface area contributed by atoms with Crippen LogP contribution in [0.3, 0.4) is 0 Å². The molecular weight excluding hydrogens is 418 g/mol. The van der Waals surface area contributed by atoms with Crippen molar-refractivity contribution in [1.82, 2.24) is 15.1 Å². The number of furan rings is 1. The monoisotopic (exact) mass is 443 g/mol. The molecule has 1 amide bonds. The number of thioether (sulfide) groups is 1. The molecule has 0 atom stereocenters. The first-order chi connectivity index (χ1) is 15.7. The van der Waals surface area contributed by atoms with Gasteiger partial charge in [-0.3, -0.25) is 4.79 Å². The van der Waals surface area contributed by atoms with Crippen LogP contribution in [0.5, 0.6) is 0 Å². The molecule has 5 nitrogen and oxygen atoms in total. The number of carbonyl (C=O) groups excluding carboxylic acids is 1. The summed E-state index contributed by atoms with van der Waals surface area (Å²) in [7, 11) is 0. The van der Waals surface area contributed by atoms with E-state index in [4.69, 9.17) is 4.42 Å². The lowest BCUT2D eigenvalue weighted by atomic mass is 10.0. The van der Waals surface area contributed by atoms with Gasteiger partial charge in [0.15, 0.2) is 5.76 Å². The van der Waals surface area contributed by atoms with Crippen molar-refractivity contribution < 1.29 is 9.21 Å². The van der Waals surface area contributed by atoms with E-state index in [2.05, 4.69) is 46.6 Å². The SMILES string of the molecule is CCN(CC)C(=O)c1ccc(CSc2ccc(-c3ccc(-c4ccccc4)cc3)nn2)o1. The molecule has 162 valence electrons. The Morgan fingerprint density at radius 1 is 0.812 bits per heavy atom. The largest absolute Gasteiger partial charge is 0.455 e. The van der Waals surface area contributed by atoms with Gasteiger partial charge in [0.2, 0.25) is 0 Å². The van der Waals surface area contributed by atoms with Gasteiger partial charge in [0.25, 0.3) is 5.91 Å². The predicted octanol–water partition coefficient (Wildman–Crippen LogP) is 6.18. The van der Waals surface area contributed by atoms with Gasteiger partial charge in [0, 0.05) is 18.7 Å². The third-order valence-corrected chi connectivity index (χ3v) is 6.16. The number of hydrogen-bond acceptors (Lipinski definition) is 5. The Labute approximate surface area is 192 Å². The van der Waals surface area contributed by atoms with Crippen LogP contribution in [0.4, 0.5) is 0 Å². The van der Waals surface area contributed by atoms with Crippen molar-refractivity contribution in [3.63, 3.8) is 0 Å². The second-order valence-electron chi connectivity index (χ2n) is 7.23. The number of hydrogen-bond donors (Lipinski definition) is 0. The Hall–Kier alpha value is -3.38. The van der Waals surface area contributed by atoms with E-state index in [0.29, 0.717) is 24.6 Å². The highest BCUT2D eigenvalue weighted by atomic mass is 32.2. The zero-order valence-corrected chi connectivity index (χ0v) is 19.0. The zero-order chi connectivity index (χ0) is 22.3. The van der Waals surface area contributed by atoms with E-state index in [1.54, 1.807) is 11.0 Å².